The summed E-state index contributed by atoms with van der Waals surface area (Å²) in [5.74, 6) is 1.56. The summed E-state index contributed by atoms with van der Waals surface area (Å²) >= 11 is 6.18. The molecule has 166 valence electrons. The van der Waals surface area contributed by atoms with E-state index in [1.54, 1.807) is 0 Å². The van der Waals surface area contributed by atoms with E-state index in [2.05, 4.69) is 5.32 Å². The van der Waals surface area contributed by atoms with Gasteiger partial charge in [-0.2, -0.15) is 0 Å². The van der Waals surface area contributed by atoms with Crippen molar-refractivity contribution in [2.45, 2.75) is 77.7 Å². The molecular formula is C24H35ClN2O3. The Hall–Kier alpha value is -1.75. The first kappa shape index (κ1) is 22.9. The molecule has 3 rings (SSSR count). The number of carbonyl (C=O) groups is 2. The van der Waals surface area contributed by atoms with Crippen LogP contribution in [0.1, 0.15) is 68.9 Å². The molecule has 2 fully saturated rings. The number of benzene rings is 1. The number of nitrogens with zero attached hydrogens (tertiary/aromatic N) is 1. The van der Waals surface area contributed by atoms with Gasteiger partial charge in [-0.1, -0.05) is 43.7 Å². The zero-order valence-electron chi connectivity index (χ0n) is 18.3. The van der Waals surface area contributed by atoms with E-state index in [0.717, 1.165) is 41.3 Å². The van der Waals surface area contributed by atoms with Crippen molar-refractivity contribution in [3.05, 3.63) is 28.3 Å². The van der Waals surface area contributed by atoms with Crippen molar-refractivity contribution in [2.75, 3.05) is 19.7 Å². The highest BCUT2D eigenvalue weighted by atomic mass is 35.5. The van der Waals surface area contributed by atoms with E-state index in [1.165, 1.54) is 32.1 Å². The second-order valence-electron chi connectivity index (χ2n) is 8.93. The number of likely N-dealkylation sites (tertiary alicyclic amines) is 1. The summed E-state index contributed by atoms with van der Waals surface area (Å²) < 4.78 is 5.70. The van der Waals surface area contributed by atoms with Crippen LogP contribution in [0.15, 0.2) is 12.1 Å². The number of hydrogen-bond acceptors (Lipinski definition) is 3. The minimum absolute atomic E-state index is 0.0117. The Morgan fingerprint density at radius 3 is 2.33 bits per heavy atom. The SMILES string of the molecule is Cc1cc(OCC(=O)N2CCC(NC(=O)CCC3CCCCC3)CC2)cc(C)c1Cl. The van der Waals surface area contributed by atoms with E-state index in [4.69, 9.17) is 16.3 Å². The predicted molar refractivity (Wildman–Crippen MR) is 120 cm³/mol. The zero-order valence-corrected chi connectivity index (χ0v) is 19.1. The third-order valence-electron chi connectivity index (χ3n) is 6.49. The molecule has 0 atom stereocenters. The molecule has 2 amide bonds. The Bertz CT molecular complexity index is 715. The summed E-state index contributed by atoms with van der Waals surface area (Å²) in [6.45, 7) is 5.21. The molecule has 6 heteroatoms. The zero-order chi connectivity index (χ0) is 21.5. The number of aryl methyl sites for hydroxylation is 2. The summed E-state index contributed by atoms with van der Waals surface area (Å²) in [5, 5.41) is 3.91. The van der Waals surface area contributed by atoms with Gasteiger partial charge in [0.05, 0.1) is 0 Å². The molecule has 1 saturated carbocycles. The number of carbonyl (C=O) groups excluding carboxylic acids is 2. The van der Waals surface area contributed by atoms with Gasteiger partial charge in [0, 0.05) is 30.6 Å². The van der Waals surface area contributed by atoms with Crippen LogP contribution in [0.4, 0.5) is 0 Å². The van der Waals surface area contributed by atoms with E-state index in [0.29, 0.717) is 25.3 Å². The molecular weight excluding hydrogens is 400 g/mol. The van der Waals surface area contributed by atoms with Crippen molar-refractivity contribution in [1.82, 2.24) is 10.2 Å². The molecule has 0 radical (unpaired) electrons. The number of amides is 2. The van der Waals surface area contributed by atoms with Gasteiger partial charge in [-0.25, -0.2) is 0 Å². The van der Waals surface area contributed by atoms with Crippen molar-refractivity contribution in [1.29, 1.82) is 0 Å². The molecule has 1 aromatic rings. The summed E-state index contributed by atoms with van der Waals surface area (Å²) in [5.41, 5.74) is 1.89. The van der Waals surface area contributed by atoms with Gasteiger partial charge in [0.2, 0.25) is 5.91 Å². The summed E-state index contributed by atoms with van der Waals surface area (Å²) in [4.78, 5) is 26.6. The van der Waals surface area contributed by atoms with E-state index in [1.807, 2.05) is 30.9 Å². The van der Waals surface area contributed by atoms with Crippen LogP contribution in [0, 0.1) is 19.8 Å². The molecule has 0 spiro atoms. The third kappa shape index (κ3) is 6.63. The first-order chi connectivity index (χ1) is 14.4. The second kappa shape index (κ2) is 11.0. The standard InChI is InChI=1S/C24H35ClN2O3/c1-17-14-21(15-18(2)24(17)25)30-16-23(29)27-12-10-20(11-13-27)26-22(28)9-8-19-6-4-3-5-7-19/h14-15,19-20H,3-13,16H2,1-2H3,(H,26,28). The lowest BCUT2D eigenvalue weighted by Crippen LogP contribution is -2.47. The molecule has 1 heterocycles. The van der Waals surface area contributed by atoms with Gasteiger partial charge in [0.25, 0.3) is 5.91 Å². The van der Waals surface area contributed by atoms with Crippen LogP contribution >= 0.6 is 11.6 Å². The minimum atomic E-state index is -0.0117. The van der Waals surface area contributed by atoms with Crippen molar-refractivity contribution < 1.29 is 14.3 Å². The molecule has 0 unspecified atom stereocenters. The maximum absolute atomic E-state index is 12.5. The maximum Gasteiger partial charge on any atom is 0.260 e. The topological polar surface area (TPSA) is 58.6 Å². The first-order valence-corrected chi connectivity index (χ1v) is 11.8. The van der Waals surface area contributed by atoms with Gasteiger partial charge in [0.1, 0.15) is 5.75 Å². The number of halogens is 1. The van der Waals surface area contributed by atoms with Crippen LogP contribution in [-0.4, -0.2) is 42.5 Å². The van der Waals surface area contributed by atoms with Gasteiger partial charge in [-0.3, -0.25) is 9.59 Å². The number of ether oxygens (including phenoxy) is 1. The van der Waals surface area contributed by atoms with Crippen LogP contribution in [0.3, 0.4) is 0 Å². The monoisotopic (exact) mass is 434 g/mol. The highest BCUT2D eigenvalue weighted by Crippen LogP contribution is 2.27. The fourth-order valence-electron chi connectivity index (χ4n) is 4.61. The fraction of sp³-hybridized carbons (Fsp3) is 0.667. The van der Waals surface area contributed by atoms with Gasteiger partial charge >= 0.3 is 0 Å². The Kier molecular flexibility index (Phi) is 8.43. The smallest absolute Gasteiger partial charge is 0.260 e. The van der Waals surface area contributed by atoms with Crippen molar-refractivity contribution in [3.8, 4) is 5.75 Å². The molecule has 5 nitrogen and oxygen atoms in total. The Balaban J connectivity index is 1.35. The Morgan fingerprint density at radius 2 is 1.70 bits per heavy atom. The number of rotatable bonds is 7. The molecule has 1 N–H and O–H groups in total. The minimum Gasteiger partial charge on any atom is -0.484 e. The average molecular weight is 435 g/mol. The van der Waals surface area contributed by atoms with E-state index >= 15 is 0 Å². The molecule has 1 aromatic carbocycles. The van der Waals surface area contributed by atoms with Crippen molar-refractivity contribution >= 4 is 23.4 Å². The summed E-state index contributed by atoms with van der Waals surface area (Å²) in [6, 6.07) is 3.89. The molecule has 1 aliphatic carbocycles. The fourth-order valence-corrected chi connectivity index (χ4v) is 4.72. The summed E-state index contributed by atoms with van der Waals surface area (Å²) in [7, 11) is 0. The Labute approximate surface area is 185 Å². The number of hydrogen-bond donors (Lipinski definition) is 1. The number of piperidine rings is 1. The molecule has 0 aromatic heterocycles. The van der Waals surface area contributed by atoms with E-state index in [9.17, 15) is 9.59 Å². The maximum atomic E-state index is 12.5. The van der Waals surface area contributed by atoms with Crippen LogP contribution in [0.25, 0.3) is 0 Å². The summed E-state index contributed by atoms with van der Waals surface area (Å²) in [6.07, 6.45) is 9.82. The molecule has 0 bridgehead atoms. The van der Waals surface area contributed by atoms with Gasteiger partial charge < -0.3 is 15.0 Å². The first-order valence-electron chi connectivity index (χ1n) is 11.4. The van der Waals surface area contributed by atoms with Gasteiger partial charge in [0.15, 0.2) is 6.61 Å². The lowest BCUT2D eigenvalue weighted by molar-refractivity contribution is -0.134. The van der Waals surface area contributed by atoms with Crippen molar-refractivity contribution in [2.24, 2.45) is 5.92 Å². The highest BCUT2D eigenvalue weighted by molar-refractivity contribution is 6.32. The largest absolute Gasteiger partial charge is 0.484 e. The normalized spacial score (nSPS) is 18.3. The van der Waals surface area contributed by atoms with E-state index in [-0.39, 0.29) is 24.5 Å². The van der Waals surface area contributed by atoms with Gasteiger partial charge in [-0.15, -0.1) is 0 Å². The lowest BCUT2D eigenvalue weighted by atomic mass is 9.86. The average Bonchev–Trinajstić information content (AvgIpc) is 2.75. The molecule has 30 heavy (non-hydrogen) atoms. The van der Waals surface area contributed by atoms with E-state index < -0.39 is 0 Å². The molecule has 1 aliphatic heterocycles. The van der Waals surface area contributed by atoms with Crippen molar-refractivity contribution in [3.63, 3.8) is 0 Å². The number of nitrogens with one attached hydrogen (secondary N) is 1. The molecule has 1 saturated heterocycles. The third-order valence-corrected chi connectivity index (χ3v) is 7.09. The van der Waals surface area contributed by atoms with Gasteiger partial charge in [-0.05, 0) is 62.3 Å². The highest BCUT2D eigenvalue weighted by Gasteiger charge is 2.24. The lowest BCUT2D eigenvalue weighted by Gasteiger charge is -2.32. The van der Waals surface area contributed by atoms with Crippen LogP contribution in [0.5, 0.6) is 5.75 Å². The van der Waals surface area contributed by atoms with Crippen LogP contribution in [0.2, 0.25) is 5.02 Å². The second-order valence-corrected chi connectivity index (χ2v) is 9.30. The van der Waals surface area contributed by atoms with Crippen LogP contribution < -0.4 is 10.1 Å². The van der Waals surface area contributed by atoms with Crippen LogP contribution in [-0.2, 0) is 9.59 Å². The Morgan fingerprint density at radius 1 is 1.07 bits per heavy atom. The predicted octanol–water partition coefficient (Wildman–Crippen LogP) is 4.80. The molecule has 2 aliphatic rings. The quantitative estimate of drug-likeness (QED) is 0.670.